The second-order valence-corrected chi connectivity index (χ2v) is 4.15. The maximum Gasteiger partial charge on any atom is 0.253 e. The van der Waals surface area contributed by atoms with Gasteiger partial charge in [-0.1, -0.05) is 17.7 Å². The molecule has 4 nitrogen and oxygen atoms in total. The molecule has 1 aromatic carbocycles. The summed E-state index contributed by atoms with van der Waals surface area (Å²) in [6.45, 7) is 1.88. The van der Waals surface area contributed by atoms with Gasteiger partial charge in [-0.2, -0.15) is 4.83 Å². The van der Waals surface area contributed by atoms with E-state index in [-0.39, 0.29) is 34.5 Å². The van der Waals surface area contributed by atoms with Gasteiger partial charge in [0.25, 0.3) is 10.0 Å². The van der Waals surface area contributed by atoms with E-state index in [1.165, 1.54) is 12.1 Å². The molecule has 1 aromatic rings. The summed E-state index contributed by atoms with van der Waals surface area (Å²) in [7, 11) is -3.49. The van der Waals surface area contributed by atoms with E-state index >= 15 is 0 Å². The predicted molar refractivity (Wildman–Crippen MR) is 51.4 cm³/mol. The molecule has 3 N–H and O–H groups in total. The molecule has 6 heteroatoms. The summed E-state index contributed by atoms with van der Waals surface area (Å²) in [6, 6.07) is 6.43. The summed E-state index contributed by atoms with van der Waals surface area (Å²) in [4.78, 5) is 1.93. The van der Waals surface area contributed by atoms with Crippen LogP contribution in [0.3, 0.4) is 0 Å². The molecule has 0 aromatic heterocycles. The molecule has 0 aliphatic rings. The molecule has 1 radical (unpaired) electrons. The summed E-state index contributed by atoms with van der Waals surface area (Å²) in [6.07, 6.45) is 0. The Morgan fingerprint density at radius 3 is 2.08 bits per heavy atom. The van der Waals surface area contributed by atoms with E-state index in [0.717, 1.165) is 5.56 Å². The molecule has 0 unspecified atom stereocenters. The van der Waals surface area contributed by atoms with Gasteiger partial charge in [-0.25, -0.2) is 8.42 Å². The van der Waals surface area contributed by atoms with Crippen LogP contribution in [-0.2, 0) is 10.0 Å². The number of aryl methyl sites for hydroxylation is 1. The summed E-state index contributed by atoms with van der Waals surface area (Å²) in [5, 5.41) is 0. The molecule has 0 aliphatic heterocycles. The average Bonchev–Trinajstić information content (AvgIpc) is 2.05. The third kappa shape index (κ3) is 3.38. The molecule has 13 heavy (non-hydrogen) atoms. The van der Waals surface area contributed by atoms with Crippen LogP contribution in [0.1, 0.15) is 5.56 Å². The number of sulfonamides is 1. The standard InChI is InChI=1S/C7H10N2O2S.Na/c1-6-2-4-7(5-3-6)12(10,11)9-8;/h2-5,9H,8H2,1H3;. The second kappa shape index (κ2) is 5.09. The van der Waals surface area contributed by atoms with Crippen molar-refractivity contribution in [1.29, 1.82) is 0 Å². The van der Waals surface area contributed by atoms with E-state index < -0.39 is 10.0 Å². The summed E-state index contributed by atoms with van der Waals surface area (Å²) in [5.41, 5.74) is 1.01. The fourth-order valence-corrected chi connectivity index (χ4v) is 1.42. The Labute approximate surface area is 99.8 Å². The van der Waals surface area contributed by atoms with E-state index in [1.807, 2.05) is 6.92 Å². The summed E-state index contributed by atoms with van der Waals surface area (Å²) < 4.78 is 22.2. The van der Waals surface area contributed by atoms with Gasteiger partial charge in [0.15, 0.2) is 0 Å². The Bertz CT molecular complexity index is 361. The van der Waals surface area contributed by atoms with E-state index in [0.29, 0.717) is 0 Å². The fraction of sp³-hybridized carbons (Fsp3) is 0.143. The van der Waals surface area contributed by atoms with Crippen molar-refractivity contribution in [3.63, 3.8) is 0 Å². The van der Waals surface area contributed by atoms with Gasteiger partial charge in [0.1, 0.15) is 0 Å². The number of hydrogen-bond acceptors (Lipinski definition) is 3. The van der Waals surface area contributed by atoms with Crippen LogP contribution in [0.4, 0.5) is 0 Å². The van der Waals surface area contributed by atoms with E-state index in [1.54, 1.807) is 17.0 Å². The first-order valence-electron chi connectivity index (χ1n) is 3.35. The van der Waals surface area contributed by atoms with Gasteiger partial charge < -0.3 is 0 Å². The normalized spacial score (nSPS) is 10.6. The van der Waals surface area contributed by atoms with Crippen LogP contribution in [0.25, 0.3) is 0 Å². The molecule has 0 fully saturated rings. The topological polar surface area (TPSA) is 72.2 Å². The molecule has 0 amide bonds. The average molecular weight is 209 g/mol. The van der Waals surface area contributed by atoms with Gasteiger partial charge in [0.05, 0.1) is 4.90 Å². The molecule has 0 atom stereocenters. The Morgan fingerprint density at radius 1 is 1.23 bits per heavy atom. The van der Waals surface area contributed by atoms with Gasteiger partial charge >= 0.3 is 0 Å². The van der Waals surface area contributed by atoms with Crippen molar-refractivity contribution in [2.24, 2.45) is 5.84 Å². The first-order chi connectivity index (χ1) is 5.56. The third-order valence-corrected chi connectivity index (χ3v) is 2.69. The zero-order chi connectivity index (χ0) is 9.19. The number of hydrogen-bond donors (Lipinski definition) is 2. The number of rotatable bonds is 2. The van der Waals surface area contributed by atoms with Crippen LogP contribution in [-0.4, -0.2) is 38.0 Å². The quantitative estimate of drug-likeness (QED) is 0.401. The maximum absolute atomic E-state index is 11.1. The Balaban J connectivity index is 0.00000144. The fourth-order valence-electron chi connectivity index (χ4n) is 0.785. The molecule has 0 saturated heterocycles. The molecule has 0 saturated carbocycles. The SMILES string of the molecule is Cc1ccc(S(=O)(=O)NN)cc1.[Na]. The predicted octanol–water partition coefficient (Wildman–Crippen LogP) is -0.234. The van der Waals surface area contributed by atoms with Gasteiger partial charge in [0.2, 0.25) is 0 Å². The molecule has 0 aliphatic carbocycles. The molecule has 0 spiro atoms. The van der Waals surface area contributed by atoms with E-state index in [9.17, 15) is 8.42 Å². The van der Waals surface area contributed by atoms with Crippen LogP contribution >= 0.6 is 0 Å². The van der Waals surface area contributed by atoms with Gasteiger partial charge in [-0.3, -0.25) is 5.84 Å². The van der Waals surface area contributed by atoms with Gasteiger partial charge in [-0.05, 0) is 19.1 Å². The number of nitrogens with two attached hydrogens (primary N) is 1. The zero-order valence-corrected chi connectivity index (χ0v) is 10.4. The number of hydrazine groups is 1. The second-order valence-electron chi connectivity index (χ2n) is 2.43. The van der Waals surface area contributed by atoms with Crippen molar-refractivity contribution in [2.45, 2.75) is 11.8 Å². The van der Waals surface area contributed by atoms with Crippen molar-refractivity contribution in [3.05, 3.63) is 29.8 Å². The van der Waals surface area contributed by atoms with Crippen LogP contribution in [0.15, 0.2) is 29.2 Å². The molecule has 1 rings (SSSR count). The molecule has 0 bridgehead atoms. The van der Waals surface area contributed by atoms with Crippen LogP contribution < -0.4 is 10.7 Å². The first-order valence-corrected chi connectivity index (χ1v) is 4.83. The zero-order valence-electron chi connectivity index (χ0n) is 7.61. The van der Waals surface area contributed by atoms with E-state index in [4.69, 9.17) is 5.84 Å². The van der Waals surface area contributed by atoms with Crippen LogP contribution in [0.2, 0.25) is 0 Å². The molecule has 0 heterocycles. The van der Waals surface area contributed by atoms with Crippen molar-refractivity contribution < 1.29 is 8.42 Å². The Morgan fingerprint density at radius 2 is 1.69 bits per heavy atom. The largest absolute Gasteiger partial charge is 0.257 e. The molecule has 67 valence electrons. The van der Waals surface area contributed by atoms with E-state index in [2.05, 4.69) is 0 Å². The Hall–Kier alpha value is 0.0900. The van der Waals surface area contributed by atoms with Gasteiger partial charge in [0, 0.05) is 29.6 Å². The number of nitrogens with one attached hydrogen (secondary N) is 1. The minimum Gasteiger partial charge on any atom is -0.257 e. The van der Waals surface area contributed by atoms with Gasteiger partial charge in [-0.15, -0.1) is 0 Å². The first kappa shape index (κ1) is 13.1. The monoisotopic (exact) mass is 209 g/mol. The minimum absolute atomic E-state index is 0. The minimum atomic E-state index is -3.49. The molecular weight excluding hydrogens is 199 g/mol. The van der Waals surface area contributed by atoms with Crippen LogP contribution in [0, 0.1) is 6.92 Å². The van der Waals surface area contributed by atoms with Crippen molar-refractivity contribution in [2.75, 3.05) is 0 Å². The maximum atomic E-state index is 11.1. The van der Waals surface area contributed by atoms with Crippen molar-refractivity contribution >= 4 is 39.6 Å². The third-order valence-electron chi connectivity index (χ3n) is 1.49. The number of benzene rings is 1. The van der Waals surface area contributed by atoms with Crippen molar-refractivity contribution in [1.82, 2.24) is 4.83 Å². The Kier molecular flexibility index (Phi) is 5.13. The van der Waals surface area contributed by atoms with Crippen molar-refractivity contribution in [3.8, 4) is 0 Å². The smallest absolute Gasteiger partial charge is 0.253 e. The summed E-state index contributed by atoms with van der Waals surface area (Å²) >= 11 is 0. The van der Waals surface area contributed by atoms with Crippen LogP contribution in [0.5, 0.6) is 0 Å². The molecular formula is C7H10N2NaO2S. The summed E-state index contributed by atoms with van der Waals surface area (Å²) in [5.74, 6) is 4.84.